The Morgan fingerprint density at radius 2 is 1.69 bits per heavy atom. The normalized spacial score (nSPS) is 16.7. The maximum Gasteiger partial charge on any atom is 0.300 e. The first-order valence-electron chi connectivity index (χ1n) is 6.73. The van der Waals surface area contributed by atoms with Gasteiger partial charge in [-0.1, -0.05) is 46.4 Å². The largest absolute Gasteiger partial charge is 0.300 e. The first-order chi connectivity index (χ1) is 11.6. The van der Waals surface area contributed by atoms with Gasteiger partial charge in [0.05, 0.1) is 17.3 Å². The Hall–Kier alpha value is -0.650. The number of halogens is 4. The van der Waals surface area contributed by atoms with Gasteiger partial charge in [0.25, 0.3) is 18.1 Å². The highest BCUT2D eigenvalue weighted by Gasteiger charge is 2.42. The summed E-state index contributed by atoms with van der Waals surface area (Å²) in [6, 6.07) is 1.36. The molecule has 0 saturated carbocycles. The second-order valence-electron chi connectivity index (χ2n) is 5.34. The zero-order valence-electron chi connectivity index (χ0n) is 13.5. The molecule has 0 unspecified atom stereocenters. The number of hydrogen-bond acceptors (Lipinski definition) is 8. The smallest absolute Gasteiger partial charge is 0.296 e. The van der Waals surface area contributed by atoms with Crippen molar-refractivity contribution in [3.05, 3.63) is 22.5 Å². The number of aromatic nitrogens is 2. The van der Waals surface area contributed by atoms with Gasteiger partial charge in [-0.05, 0) is 13.8 Å². The summed E-state index contributed by atoms with van der Waals surface area (Å²) in [5.41, 5.74) is 0.529. The molecule has 0 aliphatic carbocycles. The van der Waals surface area contributed by atoms with Crippen LogP contribution in [0.4, 0.5) is 5.82 Å². The highest BCUT2D eigenvalue weighted by molar-refractivity contribution is 8.06. The van der Waals surface area contributed by atoms with Crippen molar-refractivity contribution in [3.63, 3.8) is 0 Å². The summed E-state index contributed by atoms with van der Waals surface area (Å²) in [5, 5.41) is -0.836. The highest BCUT2D eigenvalue weighted by atomic mass is 35.6. The second kappa shape index (κ2) is 7.06. The molecule has 8 nitrogen and oxygen atoms in total. The number of hydrogen-bond donors (Lipinski definition) is 0. The Bertz CT molecular complexity index is 1030. The molecule has 2 rings (SSSR count). The van der Waals surface area contributed by atoms with E-state index in [1.807, 2.05) is 0 Å². The van der Waals surface area contributed by atoms with E-state index in [0.717, 1.165) is 11.2 Å². The molecule has 14 heteroatoms. The fraction of sp³-hybridized carbons (Fsp3) is 0.417. The van der Waals surface area contributed by atoms with Gasteiger partial charge in [0, 0.05) is 18.0 Å². The summed E-state index contributed by atoms with van der Waals surface area (Å²) in [5.74, 6) is -0.0693. The maximum absolute atomic E-state index is 12.3. The van der Waals surface area contributed by atoms with Crippen LogP contribution in [0, 0.1) is 6.92 Å². The van der Waals surface area contributed by atoms with Crippen molar-refractivity contribution in [2.24, 2.45) is 4.99 Å². The van der Waals surface area contributed by atoms with Gasteiger partial charge in [0.2, 0.25) is 15.0 Å². The molecule has 26 heavy (non-hydrogen) atoms. The molecule has 2 heterocycles. The molecule has 0 spiro atoms. The molecule has 1 aromatic heterocycles. The Labute approximate surface area is 170 Å². The lowest BCUT2D eigenvalue weighted by atomic mass is 10.3. The molecule has 0 atom stereocenters. The van der Waals surface area contributed by atoms with Gasteiger partial charge >= 0.3 is 0 Å². The molecule has 0 aromatic carbocycles. The molecule has 0 N–H and O–H groups in total. The van der Waals surface area contributed by atoms with E-state index in [-0.39, 0.29) is 28.3 Å². The summed E-state index contributed by atoms with van der Waals surface area (Å²) < 4.78 is 46.1. The van der Waals surface area contributed by atoms with Crippen LogP contribution in [0.5, 0.6) is 0 Å². The van der Waals surface area contributed by atoms with Crippen molar-refractivity contribution in [3.8, 4) is 0 Å². The number of allylic oxidation sites excluding steroid dienone is 1. The number of anilines is 1. The lowest BCUT2D eigenvalue weighted by Gasteiger charge is -2.28. The SMILES string of the molecule is CC1=C(Cl)CN(c2cc(C)nc(S(=O)(=O)C(Cl)(Cl)Cl)n2)C(S(C)(=O)=O)=N1. The van der Waals surface area contributed by atoms with Crippen molar-refractivity contribution in [2.75, 3.05) is 17.7 Å². The minimum atomic E-state index is -4.52. The highest BCUT2D eigenvalue weighted by Crippen LogP contribution is 2.37. The van der Waals surface area contributed by atoms with Crippen molar-refractivity contribution >= 4 is 77.1 Å². The molecule has 0 amide bonds. The Balaban J connectivity index is 2.69. The summed E-state index contributed by atoms with van der Waals surface area (Å²) in [6.07, 6.45) is 0.957. The molecule has 1 aliphatic rings. The van der Waals surface area contributed by atoms with Crippen LogP contribution in [0.1, 0.15) is 12.6 Å². The van der Waals surface area contributed by atoms with Gasteiger partial charge < -0.3 is 0 Å². The van der Waals surface area contributed by atoms with Gasteiger partial charge in [-0.3, -0.25) is 4.90 Å². The molecular weight excluding hydrogens is 470 g/mol. The van der Waals surface area contributed by atoms with Crippen molar-refractivity contribution in [2.45, 2.75) is 22.1 Å². The lowest BCUT2D eigenvalue weighted by Crippen LogP contribution is -2.40. The van der Waals surface area contributed by atoms with E-state index in [1.54, 1.807) is 6.92 Å². The second-order valence-corrected chi connectivity index (χ2v) is 12.6. The third kappa shape index (κ3) is 4.26. The van der Waals surface area contributed by atoms with Crippen molar-refractivity contribution in [1.82, 2.24) is 9.97 Å². The van der Waals surface area contributed by atoms with E-state index in [9.17, 15) is 16.8 Å². The lowest BCUT2D eigenvalue weighted by molar-refractivity contribution is 0.586. The summed E-state index contributed by atoms with van der Waals surface area (Å²) in [4.78, 5) is 12.8. The number of rotatable bonds is 2. The van der Waals surface area contributed by atoms with Gasteiger partial charge in [0.1, 0.15) is 5.82 Å². The average molecular weight is 482 g/mol. The number of nitrogens with zero attached hydrogens (tertiary/aromatic N) is 4. The van der Waals surface area contributed by atoms with Gasteiger partial charge in [-0.2, -0.15) is 0 Å². The molecular formula is C12H12Cl4N4O4S2. The number of aliphatic imine (C=N–C) groups is 1. The van der Waals surface area contributed by atoms with Crippen LogP contribution in [-0.2, 0) is 19.7 Å². The number of amidine groups is 1. The van der Waals surface area contributed by atoms with Crippen LogP contribution in [0.15, 0.2) is 26.9 Å². The van der Waals surface area contributed by atoms with E-state index in [1.165, 1.54) is 13.0 Å². The van der Waals surface area contributed by atoms with E-state index in [0.29, 0.717) is 5.70 Å². The number of sulfone groups is 2. The van der Waals surface area contributed by atoms with Gasteiger partial charge in [-0.15, -0.1) is 0 Å². The third-order valence-corrected chi connectivity index (χ3v) is 7.63. The topological polar surface area (TPSA) is 110 Å². The molecule has 144 valence electrons. The number of aryl methyl sites for hydroxylation is 1. The minimum absolute atomic E-state index is 0.0693. The molecule has 0 fully saturated rings. The third-order valence-electron chi connectivity index (χ3n) is 3.16. The monoisotopic (exact) mass is 480 g/mol. The summed E-state index contributed by atoms with van der Waals surface area (Å²) in [7, 11) is -8.30. The zero-order chi connectivity index (χ0) is 20.1. The van der Waals surface area contributed by atoms with E-state index in [2.05, 4.69) is 15.0 Å². The minimum Gasteiger partial charge on any atom is -0.296 e. The van der Waals surface area contributed by atoms with Crippen molar-refractivity contribution < 1.29 is 16.8 Å². The van der Waals surface area contributed by atoms with Crippen molar-refractivity contribution in [1.29, 1.82) is 0 Å². The standard InChI is InChI=1S/C12H12Cl4N4O4S2/c1-6-4-9(19-10(17-6)26(23,24)12(14,15)16)20-5-8(13)7(2)18-11(20)25(3,21)22/h4H,5H2,1-3H3. The van der Waals surface area contributed by atoms with E-state index >= 15 is 0 Å². The Kier molecular flexibility index (Phi) is 5.88. The molecule has 0 bridgehead atoms. The van der Waals surface area contributed by atoms with Crippen LogP contribution in [-0.4, -0.2) is 47.9 Å². The molecule has 1 aliphatic heterocycles. The fourth-order valence-corrected chi connectivity index (χ4v) is 4.26. The van der Waals surface area contributed by atoms with Crippen LogP contribution in [0.3, 0.4) is 0 Å². The first-order valence-corrected chi connectivity index (χ1v) is 11.6. The molecule has 1 aromatic rings. The predicted molar refractivity (Wildman–Crippen MR) is 102 cm³/mol. The fourth-order valence-electron chi connectivity index (χ4n) is 1.93. The first kappa shape index (κ1) is 21.6. The predicted octanol–water partition coefficient (Wildman–Crippen LogP) is 2.58. The quantitative estimate of drug-likeness (QED) is 0.471. The van der Waals surface area contributed by atoms with Crippen LogP contribution < -0.4 is 4.90 Å². The zero-order valence-corrected chi connectivity index (χ0v) is 18.2. The number of alkyl halides is 3. The molecule has 0 radical (unpaired) electrons. The molecule has 0 saturated heterocycles. The van der Waals surface area contributed by atoms with E-state index in [4.69, 9.17) is 46.4 Å². The Morgan fingerprint density at radius 3 is 2.19 bits per heavy atom. The maximum atomic E-state index is 12.3. The van der Waals surface area contributed by atoms with Gasteiger partial charge in [0.15, 0.2) is 0 Å². The van der Waals surface area contributed by atoms with Crippen LogP contribution in [0.2, 0.25) is 0 Å². The summed E-state index contributed by atoms with van der Waals surface area (Å²) in [6.45, 7) is 2.95. The summed E-state index contributed by atoms with van der Waals surface area (Å²) >= 11 is 22.6. The van der Waals surface area contributed by atoms with Crippen LogP contribution >= 0.6 is 46.4 Å². The van der Waals surface area contributed by atoms with Gasteiger partial charge in [-0.25, -0.2) is 31.8 Å². The Morgan fingerprint density at radius 1 is 1.12 bits per heavy atom. The average Bonchev–Trinajstić information content (AvgIpc) is 2.46. The van der Waals surface area contributed by atoms with Crippen LogP contribution in [0.25, 0.3) is 0 Å². The van der Waals surface area contributed by atoms with E-state index < -0.39 is 28.0 Å².